The first-order chi connectivity index (χ1) is 18.1. The summed E-state index contributed by atoms with van der Waals surface area (Å²) in [6.07, 6.45) is 4.15. The predicted molar refractivity (Wildman–Crippen MR) is 131 cm³/mol. The van der Waals surface area contributed by atoms with Crippen LogP contribution in [0.2, 0.25) is 0 Å². The molecule has 0 amide bonds. The number of nitrogens with two attached hydrogens (primary N) is 1. The van der Waals surface area contributed by atoms with E-state index in [1.807, 2.05) is 31.8 Å². The van der Waals surface area contributed by atoms with E-state index in [9.17, 15) is 18.4 Å². The topological polar surface area (TPSA) is 138 Å². The second-order valence-electron chi connectivity index (χ2n) is 9.35. The number of aryl methyl sites for hydroxylation is 1. The first kappa shape index (κ1) is 25.2. The highest BCUT2D eigenvalue weighted by Crippen LogP contribution is 2.51. The average molecular weight is 525 g/mol. The van der Waals surface area contributed by atoms with Crippen LogP contribution >= 0.6 is 0 Å². The first-order valence-corrected chi connectivity index (χ1v) is 11.7. The van der Waals surface area contributed by atoms with Crippen LogP contribution in [0.15, 0.2) is 49.2 Å². The number of carbonyl (C=O) groups is 1. The van der Waals surface area contributed by atoms with Gasteiger partial charge in [0.15, 0.2) is 0 Å². The molecule has 3 atom stereocenters. The normalized spacial score (nSPS) is 20.0. The lowest BCUT2D eigenvalue weighted by Crippen LogP contribution is -2.26. The molecule has 13 heteroatoms. The molecule has 6 rings (SSSR count). The number of halogens is 3. The number of nitrogens with zero attached hydrogens (tertiary/aromatic N) is 7. The molecule has 196 valence electrons. The van der Waals surface area contributed by atoms with E-state index >= 15 is 0 Å². The highest BCUT2D eigenvalue weighted by Gasteiger charge is 2.54. The molecule has 1 saturated heterocycles. The van der Waals surface area contributed by atoms with E-state index in [2.05, 4.69) is 39.4 Å². The van der Waals surface area contributed by atoms with Gasteiger partial charge < -0.3 is 15.7 Å². The Labute approximate surface area is 214 Å². The highest BCUT2D eigenvalue weighted by molar-refractivity contribution is 5.87. The minimum Gasteiger partial charge on any atom is -0.475 e. The Balaban J connectivity index is 0.000000374. The summed E-state index contributed by atoms with van der Waals surface area (Å²) in [6.45, 7) is 2.88. The summed E-state index contributed by atoms with van der Waals surface area (Å²) in [5, 5.41) is 25.4. The van der Waals surface area contributed by atoms with Gasteiger partial charge in [-0.1, -0.05) is 0 Å². The lowest BCUT2D eigenvalue weighted by Gasteiger charge is -2.20. The Morgan fingerprint density at radius 3 is 2.37 bits per heavy atom. The molecule has 0 bridgehead atoms. The standard InChI is InChI=1S/C23H22N8.C2HF3O2/c1-29-10-17(9-27-29)15-4-18(23-16(5-24)8-28-31(23)11-15)14-2-3-22(26-7-14)30-12-20-19(6-25)21(20)13-30;3-2(4,5)1(6)7/h2-4,7-11,19-21H,6,12-13,25H2,1H3;(H,6,7)/t19-,20+,21-;. The van der Waals surface area contributed by atoms with Gasteiger partial charge >= 0.3 is 12.1 Å². The molecule has 38 heavy (non-hydrogen) atoms. The van der Waals surface area contributed by atoms with Crippen LogP contribution in [0.4, 0.5) is 19.0 Å². The van der Waals surface area contributed by atoms with Crippen molar-refractivity contribution in [2.45, 2.75) is 6.18 Å². The number of aliphatic carboxylic acids is 1. The van der Waals surface area contributed by atoms with Crippen molar-refractivity contribution < 1.29 is 23.1 Å². The van der Waals surface area contributed by atoms with Crippen LogP contribution in [0.3, 0.4) is 0 Å². The van der Waals surface area contributed by atoms with E-state index in [0.29, 0.717) is 11.5 Å². The Morgan fingerprint density at radius 2 is 1.84 bits per heavy atom. The van der Waals surface area contributed by atoms with Crippen LogP contribution < -0.4 is 10.6 Å². The van der Waals surface area contributed by atoms with Crippen molar-refractivity contribution in [3.63, 3.8) is 0 Å². The van der Waals surface area contributed by atoms with Crippen LogP contribution in [0.1, 0.15) is 5.56 Å². The minimum atomic E-state index is -5.08. The average Bonchev–Trinajstić information content (AvgIpc) is 3.32. The molecule has 4 aromatic heterocycles. The Morgan fingerprint density at radius 1 is 1.13 bits per heavy atom. The number of hydrogen-bond acceptors (Lipinski definition) is 7. The Bertz CT molecular complexity index is 1520. The van der Waals surface area contributed by atoms with Crippen molar-refractivity contribution in [2.24, 2.45) is 30.5 Å². The smallest absolute Gasteiger partial charge is 0.475 e. The maximum Gasteiger partial charge on any atom is 0.490 e. The molecular formula is C25H23F3N8O2. The lowest BCUT2D eigenvalue weighted by atomic mass is 10.0. The number of carboxylic acids is 1. The number of rotatable bonds is 4. The van der Waals surface area contributed by atoms with E-state index in [4.69, 9.17) is 20.6 Å². The number of piperidine rings is 1. The molecule has 10 nitrogen and oxygen atoms in total. The first-order valence-electron chi connectivity index (χ1n) is 11.7. The van der Waals surface area contributed by atoms with E-state index in [-0.39, 0.29) is 0 Å². The van der Waals surface area contributed by atoms with E-state index in [0.717, 1.165) is 65.1 Å². The number of anilines is 1. The zero-order valence-corrected chi connectivity index (χ0v) is 20.2. The SMILES string of the molecule is Cn1cc(-c2cc(-c3ccc(N4C[C@@H]5[C@H](CN)[C@@H]5C4)nc3)c3c(C#N)cnn3c2)cn1.O=C(O)C(F)(F)F. The van der Waals surface area contributed by atoms with Crippen molar-refractivity contribution in [3.05, 3.63) is 54.7 Å². The van der Waals surface area contributed by atoms with Gasteiger partial charge in [0.1, 0.15) is 11.9 Å². The van der Waals surface area contributed by atoms with Crippen molar-refractivity contribution in [3.8, 4) is 28.3 Å². The fraction of sp³-hybridized carbons (Fsp3) is 0.320. The highest BCUT2D eigenvalue weighted by atomic mass is 19.4. The predicted octanol–water partition coefficient (Wildman–Crippen LogP) is 2.94. The third-order valence-corrected chi connectivity index (χ3v) is 7.04. The van der Waals surface area contributed by atoms with Crippen molar-refractivity contribution in [1.82, 2.24) is 24.4 Å². The number of aromatic nitrogens is 5. The second kappa shape index (κ2) is 9.46. The van der Waals surface area contributed by atoms with Gasteiger partial charge in [-0.05, 0) is 42.5 Å². The molecule has 0 radical (unpaired) electrons. The van der Waals surface area contributed by atoms with Crippen LogP contribution in [-0.4, -0.2) is 61.3 Å². The molecule has 3 N–H and O–H groups in total. The summed E-state index contributed by atoms with van der Waals surface area (Å²) >= 11 is 0. The maximum absolute atomic E-state index is 10.6. The van der Waals surface area contributed by atoms with Gasteiger partial charge in [0.05, 0.1) is 23.5 Å². The zero-order valence-electron chi connectivity index (χ0n) is 20.2. The van der Waals surface area contributed by atoms with Gasteiger partial charge in [0.2, 0.25) is 0 Å². The number of carboxylic acid groups (broad SMARTS) is 1. The molecule has 2 aliphatic rings. The number of alkyl halides is 3. The number of hydrogen-bond donors (Lipinski definition) is 2. The van der Waals surface area contributed by atoms with Gasteiger partial charge in [-0.15, -0.1) is 0 Å². The molecule has 0 spiro atoms. The fourth-order valence-corrected chi connectivity index (χ4v) is 5.07. The summed E-state index contributed by atoms with van der Waals surface area (Å²) in [6, 6.07) is 8.51. The van der Waals surface area contributed by atoms with Crippen LogP contribution in [0.5, 0.6) is 0 Å². The van der Waals surface area contributed by atoms with Crippen molar-refractivity contribution in [1.29, 1.82) is 5.26 Å². The maximum atomic E-state index is 10.6. The molecular weight excluding hydrogens is 501 g/mol. The number of nitriles is 1. The zero-order chi connectivity index (χ0) is 27.2. The van der Waals surface area contributed by atoms with Gasteiger partial charge in [0, 0.05) is 61.0 Å². The molecule has 1 saturated carbocycles. The van der Waals surface area contributed by atoms with Crippen LogP contribution in [0, 0.1) is 29.1 Å². The van der Waals surface area contributed by atoms with E-state index in [1.54, 1.807) is 15.4 Å². The fourth-order valence-electron chi connectivity index (χ4n) is 5.07. The quantitative estimate of drug-likeness (QED) is 0.416. The lowest BCUT2D eigenvalue weighted by molar-refractivity contribution is -0.192. The van der Waals surface area contributed by atoms with Crippen LogP contribution in [0.25, 0.3) is 27.8 Å². The monoisotopic (exact) mass is 524 g/mol. The molecule has 0 unspecified atom stereocenters. The second-order valence-corrected chi connectivity index (χ2v) is 9.35. The van der Waals surface area contributed by atoms with E-state index < -0.39 is 12.1 Å². The third-order valence-electron chi connectivity index (χ3n) is 7.04. The Kier molecular flexibility index (Phi) is 6.28. The van der Waals surface area contributed by atoms with Crippen molar-refractivity contribution in [2.75, 3.05) is 24.5 Å². The Hall–Kier alpha value is -4.44. The minimum absolute atomic E-state index is 0.546. The largest absolute Gasteiger partial charge is 0.490 e. The van der Waals surface area contributed by atoms with Gasteiger partial charge in [-0.3, -0.25) is 4.68 Å². The number of fused-ring (bicyclic) bond motifs is 2. The molecule has 1 aliphatic heterocycles. The molecule has 2 fully saturated rings. The van der Waals surface area contributed by atoms with Gasteiger partial charge in [0.25, 0.3) is 0 Å². The van der Waals surface area contributed by atoms with E-state index in [1.165, 1.54) is 0 Å². The number of pyridine rings is 2. The molecule has 5 heterocycles. The summed E-state index contributed by atoms with van der Waals surface area (Å²) in [4.78, 5) is 16.0. The summed E-state index contributed by atoms with van der Waals surface area (Å²) in [5.74, 6) is 0.400. The van der Waals surface area contributed by atoms with Crippen molar-refractivity contribution >= 4 is 17.3 Å². The van der Waals surface area contributed by atoms with Gasteiger partial charge in [-0.2, -0.15) is 28.6 Å². The third kappa shape index (κ3) is 4.66. The molecule has 4 aromatic rings. The molecule has 1 aliphatic carbocycles. The summed E-state index contributed by atoms with van der Waals surface area (Å²) < 4.78 is 35.3. The van der Waals surface area contributed by atoms with Gasteiger partial charge in [-0.25, -0.2) is 14.3 Å². The molecule has 0 aromatic carbocycles. The van der Waals surface area contributed by atoms with Crippen LogP contribution in [-0.2, 0) is 11.8 Å². The summed E-state index contributed by atoms with van der Waals surface area (Å²) in [5.41, 5.74) is 11.0. The summed E-state index contributed by atoms with van der Waals surface area (Å²) in [7, 11) is 1.89.